The molecule has 8 nitrogen and oxygen atoms in total. The Morgan fingerprint density at radius 1 is 1.21 bits per heavy atom. The van der Waals surface area contributed by atoms with Gasteiger partial charge < -0.3 is 14.4 Å². The van der Waals surface area contributed by atoms with E-state index in [1.807, 2.05) is 0 Å². The average Bonchev–Trinajstić information content (AvgIpc) is 2.89. The fraction of sp³-hybridized carbons (Fsp3) is 0.188. The molecule has 2 aromatic heterocycles. The summed E-state index contributed by atoms with van der Waals surface area (Å²) in [6.45, 7) is 0.0852. The minimum absolute atomic E-state index is 0.0753. The summed E-state index contributed by atoms with van der Waals surface area (Å²) in [6, 6.07) is 8.24. The number of nitrogens with zero attached hydrogens (tertiary/aromatic N) is 3. The molecule has 0 saturated heterocycles. The predicted molar refractivity (Wildman–Crippen MR) is 86.0 cm³/mol. The lowest BCUT2D eigenvalue weighted by molar-refractivity contribution is 0.0687. The monoisotopic (exact) mass is 329 g/mol. The van der Waals surface area contributed by atoms with E-state index in [0.717, 1.165) is 14.5 Å². The Labute approximate surface area is 135 Å². The summed E-state index contributed by atoms with van der Waals surface area (Å²) in [5, 5.41) is 9.15. The molecule has 0 saturated carbocycles. The third kappa shape index (κ3) is 2.47. The lowest BCUT2D eigenvalue weighted by atomic mass is 10.2. The standard InChI is InChI=1S/C16H15N3O5/c1-17-12(15(21)22)9-18-13(17)7-14(20)19(16(18)23)8-10-3-5-11(24-2)6-4-10/h3-7,9H,8H2,1-2H3,(H,21,22). The van der Waals surface area contributed by atoms with Gasteiger partial charge in [0, 0.05) is 19.3 Å². The quantitative estimate of drug-likeness (QED) is 0.754. The van der Waals surface area contributed by atoms with Gasteiger partial charge in [0.2, 0.25) is 0 Å². The first-order valence-corrected chi connectivity index (χ1v) is 7.10. The maximum atomic E-state index is 12.6. The van der Waals surface area contributed by atoms with Crippen molar-refractivity contribution in [2.24, 2.45) is 7.05 Å². The van der Waals surface area contributed by atoms with Crippen molar-refractivity contribution >= 4 is 11.6 Å². The molecule has 0 radical (unpaired) electrons. The van der Waals surface area contributed by atoms with Gasteiger partial charge in [0.25, 0.3) is 5.56 Å². The highest BCUT2D eigenvalue weighted by Gasteiger charge is 2.16. The molecule has 1 N–H and O–H groups in total. The van der Waals surface area contributed by atoms with Gasteiger partial charge in [0.05, 0.1) is 13.7 Å². The second kappa shape index (κ2) is 5.73. The molecule has 3 aromatic rings. The van der Waals surface area contributed by atoms with Crippen LogP contribution in [0.4, 0.5) is 0 Å². The molecule has 0 aliphatic heterocycles. The highest BCUT2D eigenvalue weighted by molar-refractivity contribution is 5.86. The van der Waals surface area contributed by atoms with E-state index in [2.05, 4.69) is 0 Å². The number of aryl methyl sites for hydroxylation is 1. The SMILES string of the molecule is COc1ccc(Cn2c(=O)cc3n(C)c(C(=O)O)cn3c2=O)cc1. The number of fused-ring (bicyclic) bond motifs is 1. The largest absolute Gasteiger partial charge is 0.497 e. The Kier molecular flexibility index (Phi) is 3.72. The van der Waals surface area contributed by atoms with E-state index in [9.17, 15) is 14.4 Å². The minimum atomic E-state index is -1.17. The van der Waals surface area contributed by atoms with E-state index < -0.39 is 17.2 Å². The zero-order valence-electron chi connectivity index (χ0n) is 13.1. The Morgan fingerprint density at radius 2 is 1.88 bits per heavy atom. The van der Waals surface area contributed by atoms with Crippen molar-refractivity contribution in [3.8, 4) is 5.75 Å². The van der Waals surface area contributed by atoms with Crippen molar-refractivity contribution in [3.05, 3.63) is 68.6 Å². The maximum Gasteiger partial charge on any atom is 0.354 e. The van der Waals surface area contributed by atoms with Gasteiger partial charge in [-0.05, 0) is 17.7 Å². The highest BCUT2D eigenvalue weighted by Crippen LogP contribution is 2.12. The van der Waals surface area contributed by atoms with Crippen LogP contribution in [-0.4, -0.2) is 31.7 Å². The van der Waals surface area contributed by atoms with Crippen molar-refractivity contribution in [2.75, 3.05) is 7.11 Å². The maximum absolute atomic E-state index is 12.6. The van der Waals surface area contributed by atoms with Crippen molar-refractivity contribution in [1.82, 2.24) is 13.5 Å². The second-order valence-corrected chi connectivity index (χ2v) is 5.31. The minimum Gasteiger partial charge on any atom is -0.497 e. The summed E-state index contributed by atoms with van der Waals surface area (Å²) in [6.07, 6.45) is 1.21. The normalized spacial score (nSPS) is 10.9. The van der Waals surface area contributed by atoms with Crippen LogP contribution in [0.15, 0.2) is 46.1 Å². The van der Waals surface area contributed by atoms with Crippen LogP contribution in [-0.2, 0) is 13.6 Å². The Morgan fingerprint density at radius 3 is 2.46 bits per heavy atom. The van der Waals surface area contributed by atoms with Gasteiger partial charge in [-0.3, -0.25) is 13.8 Å². The lowest BCUT2D eigenvalue weighted by Gasteiger charge is -2.07. The van der Waals surface area contributed by atoms with Crippen LogP contribution in [0, 0.1) is 0 Å². The first-order valence-electron chi connectivity index (χ1n) is 7.10. The molecular weight excluding hydrogens is 314 g/mol. The van der Waals surface area contributed by atoms with Crippen LogP contribution in [0.5, 0.6) is 5.75 Å². The Balaban J connectivity index is 2.13. The fourth-order valence-corrected chi connectivity index (χ4v) is 2.55. The number of hydrogen-bond acceptors (Lipinski definition) is 4. The van der Waals surface area contributed by atoms with E-state index in [-0.39, 0.29) is 17.9 Å². The zero-order valence-corrected chi connectivity index (χ0v) is 13.1. The van der Waals surface area contributed by atoms with Gasteiger partial charge in [0.1, 0.15) is 17.1 Å². The number of methoxy groups -OCH3 is 1. The highest BCUT2D eigenvalue weighted by atomic mass is 16.5. The van der Waals surface area contributed by atoms with Crippen molar-refractivity contribution < 1.29 is 14.6 Å². The van der Waals surface area contributed by atoms with Gasteiger partial charge in [-0.15, -0.1) is 0 Å². The van der Waals surface area contributed by atoms with E-state index in [0.29, 0.717) is 5.75 Å². The molecule has 0 spiro atoms. The molecule has 0 fully saturated rings. The summed E-state index contributed by atoms with van der Waals surface area (Å²) in [4.78, 5) is 36.0. The number of aromatic carboxylic acids is 1. The number of carboxylic acid groups (broad SMARTS) is 1. The van der Waals surface area contributed by atoms with Crippen LogP contribution in [0.2, 0.25) is 0 Å². The molecule has 0 aliphatic rings. The number of aromatic nitrogens is 3. The zero-order chi connectivity index (χ0) is 17.4. The van der Waals surface area contributed by atoms with Crippen molar-refractivity contribution in [2.45, 2.75) is 6.54 Å². The topological polar surface area (TPSA) is 94.9 Å². The van der Waals surface area contributed by atoms with Gasteiger partial charge in [-0.2, -0.15) is 0 Å². The van der Waals surface area contributed by atoms with Gasteiger partial charge in [-0.25, -0.2) is 9.59 Å². The molecule has 24 heavy (non-hydrogen) atoms. The molecule has 2 heterocycles. The molecule has 0 amide bonds. The smallest absolute Gasteiger partial charge is 0.354 e. The molecular formula is C16H15N3O5. The summed E-state index contributed by atoms with van der Waals surface area (Å²) in [5.41, 5.74) is -0.170. The molecule has 3 rings (SSSR count). The number of benzene rings is 1. The molecule has 8 heteroatoms. The van der Waals surface area contributed by atoms with Gasteiger partial charge in [0.15, 0.2) is 0 Å². The van der Waals surface area contributed by atoms with E-state index in [1.165, 1.54) is 23.9 Å². The molecule has 124 valence electrons. The first-order chi connectivity index (χ1) is 11.4. The fourth-order valence-electron chi connectivity index (χ4n) is 2.55. The summed E-state index contributed by atoms with van der Waals surface area (Å²) in [7, 11) is 3.04. The van der Waals surface area contributed by atoms with Gasteiger partial charge >= 0.3 is 11.7 Å². The van der Waals surface area contributed by atoms with Crippen LogP contribution in [0.1, 0.15) is 16.1 Å². The Bertz CT molecular complexity index is 1040. The number of hydrogen-bond donors (Lipinski definition) is 1. The average molecular weight is 329 g/mol. The number of imidazole rings is 1. The lowest BCUT2D eigenvalue weighted by Crippen LogP contribution is -2.37. The van der Waals surface area contributed by atoms with E-state index in [4.69, 9.17) is 9.84 Å². The van der Waals surface area contributed by atoms with Crippen LogP contribution in [0.3, 0.4) is 0 Å². The molecule has 0 aliphatic carbocycles. The van der Waals surface area contributed by atoms with E-state index >= 15 is 0 Å². The Hall–Kier alpha value is -3.29. The summed E-state index contributed by atoms with van der Waals surface area (Å²) < 4.78 is 8.58. The van der Waals surface area contributed by atoms with Crippen LogP contribution < -0.4 is 16.0 Å². The molecule has 0 atom stereocenters. The van der Waals surface area contributed by atoms with Gasteiger partial charge in [-0.1, -0.05) is 12.1 Å². The third-order valence-electron chi connectivity index (χ3n) is 3.88. The molecule has 0 unspecified atom stereocenters. The molecule has 1 aromatic carbocycles. The van der Waals surface area contributed by atoms with Crippen LogP contribution in [0.25, 0.3) is 5.65 Å². The summed E-state index contributed by atoms with van der Waals surface area (Å²) in [5.74, 6) is -0.498. The van der Waals surface area contributed by atoms with Crippen molar-refractivity contribution in [1.29, 1.82) is 0 Å². The number of ether oxygens (including phenoxy) is 1. The summed E-state index contributed by atoms with van der Waals surface area (Å²) >= 11 is 0. The number of rotatable bonds is 4. The van der Waals surface area contributed by atoms with Crippen molar-refractivity contribution in [3.63, 3.8) is 0 Å². The predicted octanol–water partition coefficient (Wildman–Crippen LogP) is 0.555. The number of carboxylic acids is 1. The van der Waals surface area contributed by atoms with E-state index in [1.54, 1.807) is 31.4 Å². The molecule has 0 bridgehead atoms. The number of carbonyl (C=O) groups is 1. The van der Waals surface area contributed by atoms with Crippen LogP contribution >= 0.6 is 0 Å². The first kappa shape index (κ1) is 15.6. The third-order valence-corrected chi connectivity index (χ3v) is 3.88. The second-order valence-electron chi connectivity index (χ2n) is 5.31.